The van der Waals surface area contributed by atoms with Gasteiger partial charge in [0, 0.05) is 11.1 Å². The van der Waals surface area contributed by atoms with Gasteiger partial charge in [-0.2, -0.15) is 35.5 Å². The van der Waals surface area contributed by atoms with Gasteiger partial charge in [0.25, 0.3) is 30.4 Å². The molecule has 0 radical (unpaired) electrons. The highest BCUT2D eigenvalue weighted by atomic mass is 32.2. The van der Waals surface area contributed by atoms with E-state index in [2.05, 4.69) is 20.5 Å². The lowest BCUT2D eigenvalue weighted by Crippen LogP contribution is -2.02. The van der Waals surface area contributed by atoms with E-state index < -0.39 is 62.2 Å². The third kappa shape index (κ3) is 6.43. The summed E-state index contributed by atoms with van der Waals surface area (Å²) < 4.78 is 99.0. The van der Waals surface area contributed by atoms with Crippen molar-refractivity contribution >= 4 is 69.6 Å². The number of nitrogens with zero attached hydrogens (tertiary/aromatic N) is 4. The van der Waals surface area contributed by atoms with E-state index in [1.807, 2.05) is 0 Å². The molecule has 4 aromatic rings. The van der Waals surface area contributed by atoms with Crippen molar-refractivity contribution in [3.05, 3.63) is 65.7 Å². The zero-order valence-corrected chi connectivity index (χ0v) is 24.0. The van der Waals surface area contributed by atoms with Gasteiger partial charge in [-0.3, -0.25) is 13.7 Å². The maximum Gasteiger partial charge on any atom is 0.296 e. The number of rotatable bonds is 7. The van der Waals surface area contributed by atoms with Crippen molar-refractivity contribution in [1.29, 1.82) is 0 Å². The Bertz CT molecular complexity index is 2160. The van der Waals surface area contributed by atoms with E-state index in [1.165, 1.54) is 30.3 Å². The van der Waals surface area contributed by atoms with Gasteiger partial charge in [0.05, 0.1) is 16.3 Å². The number of aromatic hydroxyl groups is 1. The van der Waals surface area contributed by atoms with E-state index in [-0.39, 0.29) is 22.1 Å². The van der Waals surface area contributed by atoms with Crippen LogP contribution in [0.4, 0.5) is 28.4 Å². The van der Waals surface area contributed by atoms with Gasteiger partial charge >= 0.3 is 0 Å². The van der Waals surface area contributed by atoms with Gasteiger partial charge in [0.15, 0.2) is 5.75 Å². The summed E-state index contributed by atoms with van der Waals surface area (Å²) in [6.07, 6.45) is 0. The average Bonchev–Trinajstić information content (AvgIpc) is 2.86. The molecule has 0 saturated heterocycles. The van der Waals surface area contributed by atoms with Crippen molar-refractivity contribution in [3.63, 3.8) is 0 Å². The number of hydrogen-bond acceptors (Lipinski definition) is 12. The molecule has 6 N–H and O–H groups in total. The molecule has 0 aliphatic heterocycles. The van der Waals surface area contributed by atoms with E-state index in [0.29, 0.717) is 22.9 Å². The van der Waals surface area contributed by atoms with Crippen LogP contribution in [-0.2, 0) is 30.4 Å². The van der Waals surface area contributed by atoms with Crippen LogP contribution in [0.2, 0.25) is 0 Å². The quantitative estimate of drug-likeness (QED) is 0.0986. The maximum absolute atomic E-state index is 12.1. The van der Waals surface area contributed by atoms with Crippen LogP contribution >= 0.6 is 0 Å². The van der Waals surface area contributed by atoms with Crippen LogP contribution in [0, 0.1) is 13.8 Å². The topological polar surface area (TPSA) is 259 Å². The number of fused-ring (bicyclic) bond motifs is 1. The van der Waals surface area contributed by atoms with Gasteiger partial charge in [-0.05, 0) is 85.0 Å². The lowest BCUT2D eigenvalue weighted by Gasteiger charge is -2.10. The van der Waals surface area contributed by atoms with E-state index in [1.54, 1.807) is 13.8 Å². The Balaban J connectivity index is 1.77. The molecular weight excluding hydrogens is 614 g/mol. The predicted molar refractivity (Wildman–Crippen MR) is 150 cm³/mol. The molecule has 0 spiro atoms. The standard InChI is InChI=1S/C24H21N5O10S3/c1-12-8-19(27-29-23-22(42(37,38)39)10-14-9-15(25)3-5-17(14)24(23)30)13(2)7-18(12)26-28-20-11-16(40(31,32)33)4-6-21(20)41(34,35)36/h3-11,30H,25H2,1-2H3,(H,31,32,33)(H,34,35,36)(H,37,38,39). The minimum absolute atomic E-state index is 0.162. The fourth-order valence-electron chi connectivity index (χ4n) is 3.83. The van der Waals surface area contributed by atoms with Crippen LogP contribution in [0.15, 0.2) is 89.7 Å². The van der Waals surface area contributed by atoms with Crippen molar-refractivity contribution in [1.82, 2.24) is 0 Å². The molecular formula is C24H21N5O10S3. The molecule has 0 fully saturated rings. The second kappa shape index (κ2) is 10.8. The smallest absolute Gasteiger partial charge is 0.296 e. The zero-order chi connectivity index (χ0) is 31.2. The fourth-order valence-corrected chi connectivity index (χ4v) is 5.59. The Kier molecular flexibility index (Phi) is 7.89. The van der Waals surface area contributed by atoms with Crippen LogP contribution in [-0.4, -0.2) is 44.0 Å². The van der Waals surface area contributed by atoms with Crippen molar-refractivity contribution < 1.29 is 44.0 Å². The Morgan fingerprint density at radius 1 is 0.619 bits per heavy atom. The van der Waals surface area contributed by atoms with Crippen LogP contribution in [0.5, 0.6) is 5.75 Å². The van der Waals surface area contributed by atoms with E-state index in [9.17, 15) is 44.0 Å². The van der Waals surface area contributed by atoms with Crippen molar-refractivity contribution in [3.8, 4) is 5.75 Å². The molecule has 0 aliphatic rings. The molecule has 0 aromatic heterocycles. The van der Waals surface area contributed by atoms with Crippen LogP contribution < -0.4 is 5.73 Å². The molecule has 15 nitrogen and oxygen atoms in total. The van der Waals surface area contributed by atoms with Crippen LogP contribution in [0.3, 0.4) is 0 Å². The highest BCUT2D eigenvalue weighted by Crippen LogP contribution is 2.42. The number of phenols is 1. The Labute approximate surface area is 239 Å². The lowest BCUT2D eigenvalue weighted by atomic mass is 10.1. The lowest BCUT2D eigenvalue weighted by molar-refractivity contribution is 0.472. The van der Waals surface area contributed by atoms with Crippen molar-refractivity contribution in [2.45, 2.75) is 28.5 Å². The van der Waals surface area contributed by atoms with Crippen molar-refractivity contribution in [2.75, 3.05) is 5.73 Å². The number of azo groups is 2. The molecule has 4 aromatic carbocycles. The summed E-state index contributed by atoms with van der Waals surface area (Å²) in [4.78, 5) is -2.15. The predicted octanol–water partition coefficient (Wildman–Crippen LogP) is 5.32. The summed E-state index contributed by atoms with van der Waals surface area (Å²) in [6.45, 7) is 3.13. The number of benzene rings is 4. The number of anilines is 1. The molecule has 0 bridgehead atoms. The Morgan fingerprint density at radius 2 is 1.17 bits per heavy atom. The largest absolute Gasteiger partial charge is 0.505 e. The van der Waals surface area contributed by atoms with Crippen molar-refractivity contribution in [2.24, 2.45) is 20.5 Å². The zero-order valence-electron chi connectivity index (χ0n) is 21.5. The minimum atomic E-state index is -4.85. The number of nitrogen functional groups attached to an aromatic ring is 1. The van der Waals surface area contributed by atoms with Gasteiger partial charge in [0.2, 0.25) is 0 Å². The van der Waals surface area contributed by atoms with E-state index in [0.717, 1.165) is 18.2 Å². The molecule has 0 saturated carbocycles. The van der Waals surface area contributed by atoms with Gasteiger partial charge in [-0.25, -0.2) is 0 Å². The first-order chi connectivity index (χ1) is 19.4. The van der Waals surface area contributed by atoms with Crippen LogP contribution in [0.25, 0.3) is 10.8 Å². The molecule has 4 rings (SSSR count). The first-order valence-electron chi connectivity index (χ1n) is 11.4. The molecule has 42 heavy (non-hydrogen) atoms. The first kappa shape index (κ1) is 30.6. The minimum Gasteiger partial charge on any atom is -0.505 e. The average molecular weight is 636 g/mol. The second-order valence-corrected chi connectivity index (χ2v) is 13.1. The molecule has 0 atom stereocenters. The number of aryl methyl sites for hydroxylation is 2. The van der Waals surface area contributed by atoms with Gasteiger partial charge in [-0.1, -0.05) is 0 Å². The second-order valence-electron chi connectivity index (χ2n) is 8.93. The summed E-state index contributed by atoms with van der Waals surface area (Å²) in [5, 5.41) is 26.8. The van der Waals surface area contributed by atoms with Crippen LogP contribution in [0.1, 0.15) is 11.1 Å². The fraction of sp³-hybridized carbons (Fsp3) is 0.0833. The van der Waals surface area contributed by atoms with E-state index >= 15 is 0 Å². The highest BCUT2D eigenvalue weighted by molar-refractivity contribution is 7.86. The van der Waals surface area contributed by atoms with Gasteiger partial charge < -0.3 is 10.8 Å². The SMILES string of the molecule is Cc1cc(N=Nc2c(S(=O)(=O)O)cc3cc(N)ccc3c2O)c(C)cc1N=Nc1cc(S(=O)(=O)O)ccc1S(=O)(=O)O. The Hall–Kier alpha value is -4.33. The van der Waals surface area contributed by atoms with E-state index in [4.69, 9.17) is 5.73 Å². The Morgan fingerprint density at radius 3 is 1.71 bits per heavy atom. The first-order valence-corrected chi connectivity index (χ1v) is 15.7. The monoisotopic (exact) mass is 635 g/mol. The maximum atomic E-state index is 12.1. The van der Waals surface area contributed by atoms with Gasteiger partial charge in [0.1, 0.15) is 21.2 Å². The molecule has 18 heteroatoms. The molecule has 0 amide bonds. The summed E-state index contributed by atoms with van der Waals surface area (Å²) in [6, 6.07) is 10.5. The number of phenolic OH excluding ortho intramolecular Hbond substituents is 1. The summed E-state index contributed by atoms with van der Waals surface area (Å²) in [5.74, 6) is -0.564. The summed E-state index contributed by atoms with van der Waals surface area (Å²) in [5.41, 5.74) is 6.08. The summed E-state index contributed by atoms with van der Waals surface area (Å²) >= 11 is 0. The van der Waals surface area contributed by atoms with Gasteiger partial charge in [-0.15, -0.1) is 10.2 Å². The molecule has 220 valence electrons. The number of nitrogens with two attached hydrogens (primary N) is 1. The number of hydrogen-bond donors (Lipinski definition) is 5. The molecule has 0 unspecified atom stereocenters. The molecule has 0 heterocycles. The molecule has 0 aliphatic carbocycles. The summed E-state index contributed by atoms with van der Waals surface area (Å²) in [7, 11) is -14.4. The normalized spacial score (nSPS) is 13.0. The highest BCUT2D eigenvalue weighted by Gasteiger charge is 2.23. The third-order valence-electron chi connectivity index (χ3n) is 5.90. The third-order valence-corrected chi connectivity index (χ3v) is 8.51.